The Balaban J connectivity index is 1.53. The third kappa shape index (κ3) is 3.49. The van der Waals surface area contributed by atoms with Gasteiger partial charge in [0.1, 0.15) is 0 Å². The SMILES string of the molecule is CC(Oc1nnc(-c2ccncc2)n1C)c1nnn(-c2cccc(Cl)c2)n1. The molecule has 0 bridgehead atoms. The molecule has 27 heavy (non-hydrogen) atoms. The first-order chi connectivity index (χ1) is 13.1. The molecule has 3 heterocycles. The molecule has 0 spiro atoms. The fourth-order valence-electron chi connectivity index (χ4n) is 2.48. The molecule has 10 heteroatoms. The van der Waals surface area contributed by atoms with Crippen LogP contribution >= 0.6 is 11.6 Å². The van der Waals surface area contributed by atoms with E-state index in [9.17, 15) is 0 Å². The van der Waals surface area contributed by atoms with Crippen LogP contribution in [0, 0.1) is 0 Å². The van der Waals surface area contributed by atoms with Gasteiger partial charge < -0.3 is 4.74 Å². The normalized spacial score (nSPS) is 12.1. The molecule has 4 aromatic rings. The molecule has 4 rings (SSSR count). The van der Waals surface area contributed by atoms with E-state index in [2.05, 4.69) is 30.6 Å². The Kier molecular flexibility index (Phi) is 4.51. The molecule has 1 atom stereocenters. The fraction of sp³-hybridized carbons (Fsp3) is 0.176. The lowest BCUT2D eigenvalue weighted by atomic mass is 10.2. The molecular formula is C17H15ClN8O. The summed E-state index contributed by atoms with van der Waals surface area (Å²) in [4.78, 5) is 5.41. The number of pyridine rings is 1. The zero-order valence-electron chi connectivity index (χ0n) is 14.6. The van der Waals surface area contributed by atoms with Crippen molar-refractivity contribution >= 4 is 11.6 Å². The minimum absolute atomic E-state index is 0.355. The van der Waals surface area contributed by atoms with E-state index in [0.29, 0.717) is 28.4 Å². The average molecular weight is 383 g/mol. The molecule has 0 saturated carbocycles. The smallest absolute Gasteiger partial charge is 0.317 e. The minimum atomic E-state index is -0.467. The van der Waals surface area contributed by atoms with Crippen LogP contribution in [0.4, 0.5) is 0 Å². The summed E-state index contributed by atoms with van der Waals surface area (Å²) in [6.45, 7) is 1.82. The van der Waals surface area contributed by atoms with Gasteiger partial charge in [0.2, 0.25) is 5.82 Å². The monoisotopic (exact) mass is 382 g/mol. The number of aromatic nitrogens is 8. The number of halogens is 1. The fourth-order valence-corrected chi connectivity index (χ4v) is 2.66. The number of nitrogens with zero attached hydrogens (tertiary/aromatic N) is 8. The van der Waals surface area contributed by atoms with Crippen molar-refractivity contribution in [2.45, 2.75) is 13.0 Å². The third-order valence-electron chi connectivity index (χ3n) is 3.89. The lowest BCUT2D eigenvalue weighted by Crippen LogP contribution is -2.09. The number of rotatable bonds is 5. The molecule has 0 amide bonds. The maximum absolute atomic E-state index is 6.01. The largest absolute Gasteiger partial charge is 0.452 e. The Hall–Kier alpha value is -3.33. The molecule has 1 unspecified atom stereocenters. The molecular weight excluding hydrogens is 368 g/mol. The highest BCUT2D eigenvalue weighted by atomic mass is 35.5. The number of benzene rings is 1. The number of tetrazole rings is 1. The summed E-state index contributed by atoms with van der Waals surface area (Å²) in [6.07, 6.45) is 2.93. The maximum Gasteiger partial charge on any atom is 0.317 e. The van der Waals surface area contributed by atoms with E-state index in [1.165, 1.54) is 4.80 Å². The van der Waals surface area contributed by atoms with Crippen LogP contribution in [0.5, 0.6) is 6.01 Å². The first kappa shape index (κ1) is 17.1. The van der Waals surface area contributed by atoms with Gasteiger partial charge in [-0.05, 0) is 42.5 Å². The Morgan fingerprint density at radius 1 is 1.07 bits per heavy atom. The summed E-state index contributed by atoms with van der Waals surface area (Å²) >= 11 is 6.01. The van der Waals surface area contributed by atoms with E-state index in [1.54, 1.807) is 29.1 Å². The van der Waals surface area contributed by atoms with Crippen LogP contribution in [0.1, 0.15) is 18.9 Å². The van der Waals surface area contributed by atoms with Crippen LogP contribution in [0.25, 0.3) is 17.1 Å². The summed E-state index contributed by atoms with van der Waals surface area (Å²) in [7, 11) is 1.83. The molecule has 0 N–H and O–H groups in total. The van der Waals surface area contributed by atoms with Crippen LogP contribution < -0.4 is 4.74 Å². The van der Waals surface area contributed by atoms with E-state index in [-0.39, 0.29) is 0 Å². The van der Waals surface area contributed by atoms with Gasteiger partial charge in [0, 0.05) is 30.0 Å². The number of hydrogen-bond donors (Lipinski definition) is 0. The predicted octanol–water partition coefficient (Wildman–Crippen LogP) is 2.65. The molecule has 0 radical (unpaired) electrons. The number of hydrogen-bond acceptors (Lipinski definition) is 7. The second-order valence-electron chi connectivity index (χ2n) is 5.78. The molecule has 9 nitrogen and oxygen atoms in total. The topological polar surface area (TPSA) is 96.4 Å². The summed E-state index contributed by atoms with van der Waals surface area (Å²) in [5.41, 5.74) is 1.61. The quantitative estimate of drug-likeness (QED) is 0.523. The van der Waals surface area contributed by atoms with Crippen LogP contribution in [0.15, 0.2) is 48.8 Å². The molecule has 1 aromatic carbocycles. The van der Waals surface area contributed by atoms with Crippen LogP contribution in [0.3, 0.4) is 0 Å². The van der Waals surface area contributed by atoms with Crippen molar-refractivity contribution in [1.29, 1.82) is 0 Å². The maximum atomic E-state index is 6.01. The van der Waals surface area contributed by atoms with Gasteiger partial charge in [-0.1, -0.05) is 22.8 Å². The van der Waals surface area contributed by atoms with Gasteiger partial charge in [-0.15, -0.1) is 20.1 Å². The molecule has 0 fully saturated rings. The molecule has 0 aliphatic rings. The van der Waals surface area contributed by atoms with Crippen molar-refractivity contribution in [3.05, 3.63) is 59.6 Å². The van der Waals surface area contributed by atoms with E-state index in [4.69, 9.17) is 16.3 Å². The highest BCUT2D eigenvalue weighted by molar-refractivity contribution is 6.30. The second kappa shape index (κ2) is 7.12. The second-order valence-corrected chi connectivity index (χ2v) is 6.21. The average Bonchev–Trinajstić information content (AvgIpc) is 3.31. The third-order valence-corrected chi connectivity index (χ3v) is 4.12. The molecule has 0 aliphatic heterocycles. The van der Waals surface area contributed by atoms with Gasteiger partial charge in [-0.3, -0.25) is 9.55 Å². The standard InChI is InChI=1S/C17H15ClN8O/c1-11(15-20-24-26(23-15)14-5-3-4-13(18)10-14)27-17-22-21-16(25(17)2)12-6-8-19-9-7-12/h3-11H,1-2H3. The van der Waals surface area contributed by atoms with Crippen molar-refractivity contribution in [3.63, 3.8) is 0 Å². The van der Waals surface area contributed by atoms with Crippen LogP contribution in [-0.2, 0) is 7.05 Å². The Morgan fingerprint density at radius 3 is 2.67 bits per heavy atom. The van der Waals surface area contributed by atoms with Crippen LogP contribution in [-0.4, -0.2) is 40.0 Å². The van der Waals surface area contributed by atoms with E-state index in [0.717, 1.165) is 5.56 Å². The summed E-state index contributed by atoms with van der Waals surface area (Å²) in [6, 6.07) is 11.3. The van der Waals surface area contributed by atoms with Crippen molar-refractivity contribution in [2.75, 3.05) is 0 Å². The Morgan fingerprint density at radius 2 is 1.89 bits per heavy atom. The van der Waals surface area contributed by atoms with Gasteiger partial charge >= 0.3 is 6.01 Å². The highest BCUT2D eigenvalue weighted by Crippen LogP contribution is 2.23. The van der Waals surface area contributed by atoms with Gasteiger partial charge in [0.05, 0.1) is 5.69 Å². The number of ether oxygens (including phenoxy) is 1. The van der Waals surface area contributed by atoms with E-state index >= 15 is 0 Å². The molecule has 136 valence electrons. The highest BCUT2D eigenvalue weighted by Gasteiger charge is 2.19. The van der Waals surface area contributed by atoms with Gasteiger partial charge in [-0.2, -0.15) is 0 Å². The first-order valence-corrected chi connectivity index (χ1v) is 8.52. The van der Waals surface area contributed by atoms with Gasteiger partial charge in [0.15, 0.2) is 11.9 Å². The summed E-state index contributed by atoms with van der Waals surface area (Å²) in [5.74, 6) is 1.10. The van der Waals surface area contributed by atoms with Crippen LogP contribution in [0.2, 0.25) is 5.02 Å². The van der Waals surface area contributed by atoms with E-state index in [1.807, 2.05) is 38.2 Å². The van der Waals surface area contributed by atoms with Gasteiger partial charge in [0.25, 0.3) is 0 Å². The predicted molar refractivity (Wildman–Crippen MR) is 97.4 cm³/mol. The molecule has 0 aliphatic carbocycles. The van der Waals surface area contributed by atoms with E-state index < -0.39 is 6.10 Å². The molecule has 3 aromatic heterocycles. The zero-order valence-corrected chi connectivity index (χ0v) is 15.3. The summed E-state index contributed by atoms with van der Waals surface area (Å²) < 4.78 is 7.63. The summed E-state index contributed by atoms with van der Waals surface area (Å²) in [5, 5.41) is 21.4. The van der Waals surface area contributed by atoms with Crippen molar-refractivity contribution < 1.29 is 4.74 Å². The van der Waals surface area contributed by atoms with Gasteiger partial charge in [-0.25, -0.2) is 0 Å². The zero-order chi connectivity index (χ0) is 18.8. The lowest BCUT2D eigenvalue weighted by molar-refractivity contribution is 0.190. The Bertz CT molecular complexity index is 1060. The molecule has 0 saturated heterocycles. The van der Waals surface area contributed by atoms with Crippen molar-refractivity contribution in [3.8, 4) is 23.1 Å². The van der Waals surface area contributed by atoms with Crippen molar-refractivity contribution in [2.24, 2.45) is 7.05 Å². The van der Waals surface area contributed by atoms with Crippen molar-refractivity contribution in [1.82, 2.24) is 40.0 Å². The Labute approximate surface area is 159 Å². The first-order valence-electron chi connectivity index (χ1n) is 8.14. The lowest BCUT2D eigenvalue weighted by Gasteiger charge is -2.10. The minimum Gasteiger partial charge on any atom is -0.452 e.